The molecule has 1 aliphatic rings. The average molecular weight is 527 g/mol. The Hall–Kier alpha value is -4.64. The molecule has 2 N–H and O–H groups in total. The monoisotopic (exact) mass is 526 g/mol. The van der Waals surface area contributed by atoms with E-state index in [1.807, 2.05) is 12.1 Å². The summed E-state index contributed by atoms with van der Waals surface area (Å²) >= 11 is 0. The number of fused-ring (bicyclic) bond motifs is 2. The van der Waals surface area contributed by atoms with Crippen molar-refractivity contribution in [3.05, 3.63) is 78.6 Å². The SMILES string of the molecule is Fc1ccccc1-c1ccnc2nc(-c3[nH]nc4ncc(-c5cncc(CN6CCC(F)(F)C6)c5)cc34)[nH]c12. The van der Waals surface area contributed by atoms with E-state index in [2.05, 4.69) is 35.1 Å². The van der Waals surface area contributed by atoms with Gasteiger partial charge in [-0.15, -0.1) is 0 Å². The third-order valence-corrected chi connectivity index (χ3v) is 6.99. The summed E-state index contributed by atoms with van der Waals surface area (Å²) in [6.45, 7) is 0.515. The predicted octanol–water partition coefficient (Wildman–Crippen LogP) is 5.61. The molecule has 1 fully saturated rings. The molecule has 6 heterocycles. The van der Waals surface area contributed by atoms with Gasteiger partial charge in [-0.05, 0) is 29.8 Å². The summed E-state index contributed by atoms with van der Waals surface area (Å²) in [5.41, 5.74) is 5.72. The number of likely N-dealkylation sites (tertiary alicyclic amines) is 1. The van der Waals surface area contributed by atoms with Crippen LogP contribution in [0.2, 0.25) is 0 Å². The van der Waals surface area contributed by atoms with E-state index in [-0.39, 0.29) is 18.8 Å². The van der Waals surface area contributed by atoms with Gasteiger partial charge in [0.2, 0.25) is 0 Å². The molecule has 0 aliphatic carbocycles. The number of imidazole rings is 1. The zero-order chi connectivity index (χ0) is 26.6. The number of H-pyrrole nitrogens is 2. The molecule has 8 nitrogen and oxygen atoms in total. The number of nitrogens with one attached hydrogen (secondary N) is 2. The van der Waals surface area contributed by atoms with Crippen molar-refractivity contribution in [2.75, 3.05) is 13.1 Å². The van der Waals surface area contributed by atoms with Gasteiger partial charge in [0.15, 0.2) is 17.1 Å². The van der Waals surface area contributed by atoms with Gasteiger partial charge in [0.25, 0.3) is 5.92 Å². The second-order valence-corrected chi connectivity index (χ2v) is 9.71. The number of alkyl halides is 2. The summed E-state index contributed by atoms with van der Waals surface area (Å²) in [5.74, 6) is -2.49. The molecular weight excluding hydrogens is 505 g/mol. The van der Waals surface area contributed by atoms with E-state index in [0.717, 1.165) is 22.1 Å². The Morgan fingerprint density at radius 2 is 1.82 bits per heavy atom. The highest BCUT2D eigenvalue weighted by Gasteiger charge is 2.37. The second-order valence-electron chi connectivity index (χ2n) is 9.71. The zero-order valence-electron chi connectivity index (χ0n) is 20.5. The Morgan fingerprint density at radius 1 is 0.949 bits per heavy atom. The minimum Gasteiger partial charge on any atom is -0.335 e. The Balaban J connectivity index is 1.25. The molecule has 11 heteroatoms. The van der Waals surface area contributed by atoms with Crippen molar-refractivity contribution in [2.24, 2.45) is 0 Å². The number of aromatic nitrogens is 7. The molecule has 5 aromatic heterocycles. The first-order valence-electron chi connectivity index (χ1n) is 12.4. The largest absolute Gasteiger partial charge is 0.335 e. The first-order chi connectivity index (χ1) is 18.9. The van der Waals surface area contributed by atoms with Crippen molar-refractivity contribution in [2.45, 2.75) is 18.9 Å². The van der Waals surface area contributed by atoms with E-state index in [0.29, 0.717) is 52.5 Å². The fraction of sp³-hybridized carbons (Fsp3) is 0.179. The minimum absolute atomic E-state index is 0.122. The van der Waals surface area contributed by atoms with Gasteiger partial charge in [-0.25, -0.2) is 28.1 Å². The van der Waals surface area contributed by atoms with Crippen molar-refractivity contribution in [1.82, 2.24) is 40.0 Å². The molecule has 1 aliphatic heterocycles. The lowest BCUT2D eigenvalue weighted by atomic mass is 10.1. The van der Waals surface area contributed by atoms with Crippen LogP contribution >= 0.6 is 0 Å². The fourth-order valence-electron chi connectivity index (χ4n) is 5.10. The van der Waals surface area contributed by atoms with Crippen LogP contribution in [0, 0.1) is 5.82 Å². The molecule has 7 rings (SSSR count). The lowest BCUT2D eigenvalue weighted by molar-refractivity contribution is 0.0115. The molecule has 0 atom stereocenters. The molecule has 1 aromatic carbocycles. The Kier molecular flexibility index (Phi) is 5.41. The Bertz CT molecular complexity index is 1840. The quantitative estimate of drug-likeness (QED) is 0.303. The first kappa shape index (κ1) is 23.5. The molecule has 0 radical (unpaired) electrons. The van der Waals surface area contributed by atoms with E-state index < -0.39 is 5.92 Å². The molecule has 0 bridgehead atoms. The van der Waals surface area contributed by atoms with Crippen molar-refractivity contribution in [3.8, 4) is 33.8 Å². The number of hydrogen-bond acceptors (Lipinski definition) is 6. The Labute approximate surface area is 220 Å². The standard InChI is InChI=1S/C28H21F3N8/c29-22-4-2-1-3-19(22)20-5-7-33-26-23(20)35-27(36-26)24-21-10-18(13-34-25(21)38-37-24)17-9-16(11-32-12-17)14-39-8-6-28(30,31)15-39/h1-5,7,9-13H,6,8,14-15H2,(H,33,35,36)(H,34,37,38). The Morgan fingerprint density at radius 3 is 2.67 bits per heavy atom. The summed E-state index contributed by atoms with van der Waals surface area (Å²) in [6.07, 6.45) is 6.60. The zero-order valence-corrected chi connectivity index (χ0v) is 20.5. The van der Waals surface area contributed by atoms with Crippen LogP contribution in [0.25, 0.3) is 56.0 Å². The third kappa shape index (κ3) is 4.30. The van der Waals surface area contributed by atoms with Crippen LogP contribution in [0.4, 0.5) is 13.2 Å². The molecule has 39 heavy (non-hydrogen) atoms. The normalized spacial score (nSPS) is 15.5. The molecule has 1 saturated heterocycles. The van der Waals surface area contributed by atoms with E-state index in [4.69, 9.17) is 0 Å². The highest BCUT2D eigenvalue weighted by molar-refractivity contribution is 5.96. The molecule has 0 amide bonds. The van der Waals surface area contributed by atoms with Gasteiger partial charge in [0.05, 0.1) is 17.4 Å². The summed E-state index contributed by atoms with van der Waals surface area (Å²) in [7, 11) is 0. The van der Waals surface area contributed by atoms with E-state index in [1.54, 1.807) is 54.0 Å². The predicted molar refractivity (Wildman–Crippen MR) is 140 cm³/mol. The van der Waals surface area contributed by atoms with E-state index in [9.17, 15) is 13.2 Å². The summed E-state index contributed by atoms with van der Waals surface area (Å²) in [5, 5.41) is 8.06. The smallest absolute Gasteiger partial charge is 0.261 e. The van der Waals surface area contributed by atoms with Crippen LogP contribution in [0.5, 0.6) is 0 Å². The molecule has 6 aromatic rings. The number of benzene rings is 1. The lowest BCUT2D eigenvalue weighted by Crippen LogP contribution is -2.24. The molecular formula is C28H21F3N8. The summed E-state index contributed by atoms with van der Waals surface area (Å²) < 4.78 is 41.8. The maximum Gasteiger partial charge on any atom is 0.261 e. The molecule has 194 valence electrons. The second kappa shape index (κ2) is 8.98. The average Bonchev–Trinajstić information content (AvgIpc) is 3.64. The highest BCUT2D eigenvalue weighted by atomic mass is 19.3. The number of hydrogen-bond donors (Lipinski definition) is 2. The minimum atomic E-state index is -2.64. The number of halogens is 3. The van der Waals surface area contributed by atoms with Crippen LogP contribution in [0.1, 0.15) is 12.0 Å². The molecule has 0 spiro atoms. The first-order valence-corrected chi connectivity index (χ1v) is 12.4. The molecule has 0 unspecified atom stereocenters. The van der Waals surface area contributed by atoms with Gasteiger partial charge in [0, 0.05) is 66.6 Å². The van der Waals surface area contributed by atoms with Gasteiger partial charge in [-0.2, -0.15) is 5.10 Å². The van der Waals surface area contributed by atoms with E-state index >= 15 is 0 Å². The highest BCUT2D eigenvalue weighted by Crippen LogP contribution is 2.33. The van der Waals surface area contributed by atoms with Gasteiger partial charge in [0.1, 0.15) is 11.5 Å². The fourth-order valence-corrected chi connectivity index (χ4v) is 5.10. The van der Waals surface area contributed by atoms with Crippen molar-refractivity contribution >= 4 is 22.2 Å². The van der Waals surface area contributed by atoms with Crippen molar-refractivity contribution in [3.63, 3.8) is 0 Å². The maximum atomic E-state index is 14.6. The van der Waals surface area contributed by atoms with Crippen molar-refractivity contribution in [1.29, 1.82) is 0 Å². The van der Waals surface area contributed by atoms with Gasteiger partial charge < -0.3 is 4.98 Å². The number of rotatable bonds is 5. The van der Waals surface area contributed by atoms with Crippen molar-refractivity contribution < 1.29 is 13.2 Å². The van der Waals surface area contributed by atoms with E-state index in [1.165, 1.54) is 6.07 Å². The summed E-state index contributed by atoms with van der Waals surface area (Å²) in [4.78, 5) is 22.9. The maximum absolute atomic E-state index is 14.6. The van der Waals surface area contributed by atoms with Gasteiger partial charge in [-0.1, -0.05) is 18.2 Å². The van der Waals surface area contributed by atoms with Crippen LogP contribution in [0.15, 0.2) is 67.3 Å². The van der Waals surface area contributed by atoms with Crippen LogP contribution in [-0.4, -0.2) is 59.0 Å². The topological polar surface area (TPSA) is 99.3 Å². The van der Waals surface area contributed by atoms with Gasteiger partial charge in [-0.3, -0.25) is 15.0 Å². The number of aromatic amines is 2. The molecule has 0 saturated carbocycles. The third-order valence-electron chi connectivity index (χ3n) is 6.99. The van der Waals surface area contributed by atoms with Crippen LogP contribution in [-0.2, 0) is 6.54 Å². The number of nitrogens with zero attached hydrogens (tertiary/aromatic N) is 6. The summed E-state index contributed by atoms with van der Waals surface area (Å²) in [6, 6.07) is 12.2. The van der Waals surface area contributed by atoms with Gasteiger partial charge >= 0.3 is 0 Å². The lowest BCUT2D eigenvalue weighted by Gasteiger charge is -2.15. The van der Waals surface area contributed by atoms with Crippen LogP contribution in [0.3, 0.4) is 0 Å². The number of pyridine rings is 3. The van der Waals surface area contributed by atoms with Crippen LogP contribution < -0.4 is 0 Å².